The number of halogens is 1. The van der Waals surface area contributed by atoms with Crippen LogP contribution in [0.3, 0.4) is 0 Å². The Bertz CT molecular complexity index is 449. The molecule has 1 unspecified atom stereocenters. The third kappa shape index (κ3) is 1.63. The fourth-order valence-electron chi connectivity index (χ4n) is 1.87. The normalized spacial score (nSPS) is 18.6. The van der Waals surface area contributed by atoms with Crippen molar-refractivity contribution in [3.63, 3.8) is 0 Å². The summed E-state index contributed by atoms with van der Waals surface area (Å²) in [6.07, 6.45) is 1.54. The van der Waals surface area contributed by atoms with E-state index in [0.29, 0.717) is 11.3 Å². The van der Waals surface area contributed by atoms with Crippen LogP contribution in [-0.2, 0) is 0 Å². The van der Waals surface area contributed by atoms with Gasteiger partial charge in [-0.2, -0.15) is 5.26 Å². The molecule has 0 radical (unpaired) electrons. The summed E-state index contributed by atoms with van der Waals surface area (Å²) in [6.45, 7) is 0. The monoisotopic (exact) mass is 220 g/mol. The first-order valence-corrected chi connectivity index (χ1v) is 5.13. The summed E-state index contributed by atoms with van der Waals surface area (Å²) in [5.41, 5.74) is 6.07. The summed E-state index contributed by atoms with van der Waals surface area (Å²) in [5, 5.41) is 9.06. The van der Waals surface area contributed by atoms with Gasteiger partial charge in [0.25, 0.3) is 0 Å². The van der Waals surface area contributed by atoms with Crippen molar-refractivity contribution < 1.29 is 9.13 Å². The van der Waals surface area contributed by atoms with Crippen LogP contribution in [0.25, 0.3) is 0 Å². The van der Waals surface area contributed by atoms with Crippen molar-refractivity contribution in [2.45, 2.75) is 18.9 Å². The zero-order valence-electron chi connectivity index (χ0n) is 9.03. The van der Waals surface area contributed by atoms with Crippen molar-refractivity contribution in [1.82, 2.24) is 0 Å². The highest BCUT2D eigenvalue weighted by Crippen LogP contribution is 2.54. The number of hydrogen-bond donors (Lipinski definition) is 1. The molecular weight excluding hydrogens is 207 g/mol. The van der Waals surface area contributed by atoms with Gasteiger partial charge in [-0.25, -0.2) is 4.39 Å². The molecular formula is C12H13FN2O. The molecule has 0 aromatic heterocycles. The van der Waals surface area contributed by atoms with Crippen molar-refractivity contribution in [2.75, 3.05) is 7.11 Å². The minimum Gasteiger partial charge on any atom is -0.496 e. The summed E-state index contributed by atoms with van der Waals surface area (Å²) in [7, 11) is 1.51. The predicted octanol–water partition coefficient (Wildman–Crippen LogP) is 2.14. The molecule has 0 aliphatic heterocycles. The number of nitrogens with zero attached hydrogens (tertiary/aromatic N) is 1. The topological polar surface area (TPSA) is 59.0 Å². The summed E-state index contributed by atoms with van der Waals surface area (Å²) in [4.78, 5) is 0. The van der Waals surface area contributed by atoms with Gasteiger partial charge in [-0.1, -0.05) is 0 Å². The van der Waals surface area contributed by atoms with E-state index in [1.807, 2.05) is 0 Å². The molecule has 84 valence electrons. The highest BCUT2D eigenvalue weighted by Gasteiger charge is 2.50. The summed E-state index contributed by atoms with van der Waals surface area (Å²) < 4.78 is 18.3. The lowest BCUT2D eigenvalue weighted by molar-refractivity contribution is 0.394. The number of nitrogens with two attached hydrogens (primary N) is 1. The molecule has 0 bridgehead atoms. The van der Waals surface area contributed by atoms with E-state index in [-0.39, 0.29) is 5.82 Å². The van der Waals surface area contributed by atoms with Gasteiger partial charge in [0.05, 0.1) is 24.6 Å². The molecule has 1 aromatic rings. The summed E-state index contributed by atoms with van der Waals surface area (Å²) in [6, 6.07) is 5.94. The van der Waals surface area contributed by atoms with Crippen LogP contribution in [-0.4, -0.2) is 7.11 Å². The second-order valence-electron chi connectivity index (χ2n) is 4.13. The van der Waals surface area contributed by atoms with Gasteiger partial charge in [-0.05, 0) is 31.0 Å². The Hall–Kier alpha value is -1.60. The van der Waals surface area contributed by atoms with E-state index >= 15 is 0 Å². The fourth-order valence-corrected chi connectivity index (χ4v) is 1.87. The van der Waals surface area contributed by atoms with E-state index in [0.717, 1.165) is 12.8 Å². The molecule has 0 saturated heterocycles. The zero-order valence-corrected chi connectivity index (χ0v) is 9.03. The lowest BCUT2D eigenvalue weighted by atomic mass is 9.91. The van der Waals surface area contributed by atoms with Gasteiger partial charge < -0.3 is 10.5 Å². The Morgan fingerprint density at radius 3 is 2.75 bits per heavy atom. The minimum atomic E-state index is -0.527. The Morgan fingerprint density at radius 2 is 2.25 bits per heavy atom. The number of methoxy groups -OCH3 is 1. The number of rotatable bonds is 3. The maximum absolute atomic E-state index is 13.2. The maximum Gasteiger partial charge on any atom is 0.123 e. The molecule has 1 aliphatic carbocycles. The van der Waals surface area contributed by atoms with Crippen LogP contribution in [0.1, 0.15) is 24.4 Å². The van der Waals surface area contributed by atoms with Crippen molar-refractivity contribution in [1.29, 1.82) is 5.26 Å². The standard InChI is InChI=1S/C12H13FN2O/c1-16-10-3-2-8(13)6-9(10)11(15)12(7-14)4-5-12/h2-3,6,11H,4-5,15H2,1H3. The first-order chi connectivity index (χ1) is 7.63. The molecule has 3 nitrogen and oxygen atoms in total. The third-order valence-corrected chi connectivity index (χ3v) is 3.13. The Kier molecular flexibility index (Phi) is 2.56. The second kappa shape index (κ2) is 3.76. The molecule has 1 aromatic carbocycles. The highest BCUT2D eigenvalue weighted by atomic mass is 19.1. The lowest BCUT2D eigenvalue weighted by Gasteiger charge is -2.19. The van der Waals surface area contributed by atoms with E-state index in [4.69, 9.17) is 15.7 Å². The average Bonchev–Trinajstić information content (AvgIpc) is 3.09. The molecule has 1 saturated carbocycles. The van der Waals surface area contributed by atoms with E-state index in [1.165, 1.54) is 25.3 Å². The van der Waals surface area contributed by atoms with Crippen LogP contribution < -0.4 is 10.5 Å². The molecule has 2 N–H and O–H groups in total. The quantitative estimate of drug-likeness (QED) is 0.848. The van der Waals surface area contributed by atoms with Gasteiger partial charge in [0, 0.05) is 5.56 Å². The lowest BCUT2D eigenvalue weighted by Crippen LogP contribution is -2.22. The van der Waals surface area contributed by atoms with E-state index in [9.17, 15) is 4.39 Å². The van der Waals surface area contributed by atoms with Crippen molar-refractivity contribution in [3.8, 4) is 11.8 Å². The van der Waals surface area contributed by atoms with Crippen molar-refractivity contribution in [2.24, 2.45) is 11.1 Å². The van der Waals surface area contributed by atoms with E-state index in [2.05, 4.69) is 6.07 Å². The zero-order chi connectivity index (χ0) is 11.8. The molecule has 0 spiro atoms. The molecule has 4 heteroatoms. The fraction of sp³-hybridized carbons (Fsp3) is 0.417. The van der Waals surface area contributed by atoms with Crippen LogP contribution in [0.5, 0.6) is 5.75 Å². The molecule has 1 atom stereocenters. The number of nitriles is 1. The average molecular weight is 220 g/mol. The minimum absolute atomic E-state index is 0.361. The molecule has 1 aliphatic rings. The van der Waals surface area contributed by atoms with Gasteiger partial charge in [-0.15, -0.1) is 0 Å². The largest absolute Gasteiger partial charge is 0.496 e. The summed E-state index contributed by atoms with van der Waals surface area (Å²) >= 11 is 0. The molecule has 0 amide bonds. The molecule has 0 heterocycles. The molecule has 2 rings (SSSR count). The first-order valence-electron chi connectivity index (χ1n) is 5.13. The second-order valence-corrected chi connectivity index (χ2v) is 4.13. The van der Waals surface area contributed by atoms with E-state index < -0.39 is 11.5 Å². The van der Waals surface area contributed by atoms with Crippen LogP contribution in [0.2, 0.25) is 0 Å². The highest BCUT2D eigenvalue weighted by molar-refractivity contribution is 5.40. The van der Waals surface area contributed by atoms with Crippen LogP contribution in [0, 0.1) is 22.6 Å². The Morgan fingerprint density at radius 1 is 1.56 bits per heavy atom. The van der Waals surface area contributed by atoms with Gasteiger partial charge in [0.1, 0.15) is 11.6 Å². The van der Waals surface area contributed by atoms with Gasteiger partial charge in [0.2, 0.25) is 0 Å². The van der Waals surface area contributed by atoms with Gasteiger partial charge in [-0.3, -0.25) is 0 Å². The smallest absolute Gasteiger partial charge is 0.123 e. The summed E-state index contributed by atoms with van der Waals surface area (Å²) in [5.74, 6) is 0.176. The number of ether oxygens (including phenoxy) is 1. The van der Waals surface area contributed by atoms with Crippen LogP contribution >= 0.6 is 0 Å². The SMILES string of the molecule is COc1ccc(F)cc1C(N)C1(C#N)CC1. The molecule has 16 heavy (non-hydrogen) atoms. The van der Waals surface area contributed by atoms with Crippen molar-refractivity contribution in [3.05, 3.63) is 29.6 Å². The van der Waals surface area contributed by atoms with Gasteiger partial charge in [0.15, 0.2) is 0 Å². The Balaban J connectivity index is 2.40. The van der Waals surface area contributed by atoms with Crippen molar-refractivity contribution >= 4 is 0 Å². The third-order valence-electron chi connectivity index (χ3n) is 3.13. The first kappa shape index (κ1) is 10.9. The van der Waals surface area contributed by atoms with E-state index in [1.54, 1.807) is 0 Å². The number of benzene rings is 1. The van der Waals surface area contributed by atoms with Crippen LogP contribution in [0.15, 0.2) is 18.2 Å². The van der Waals surface area contributed by atoms with Crippen LogP contribution in [0.4, 0.5) is 4.39 Å². The van der Waals surface area contributed by atoms with Gasteiger partial charge >= 0.3 is 0 Å². The number of hydrogen-bond acceptors (Lipinski definition) is 3. The Labute approximate surface area is 93.6 Å². The predicted molar refractivity (Wildman–Crippen MR) is 57.2 cm³/mol. The molecule has 1 fully saturated rings. The maximum atomic E-state index is 13.2.